The van der Waals surface area contributed by atoms with Crippen molar-refractivity contribution in [1.29, 1.82) is 0 Å². The van der Waals surface area contributed by atoms with Crippen molar-refractivity contribution in [2.24, 2.45) is 0 Å². The fourth-order valence-corrected chi connectivity index (χ4v) is 3.67. The summed E-state index contributed by atoms with van der Waals surface area (Å²) in [4.78, 5) is 8.10. The number of aliphatic hydroxyl groups is 1. The van der Waals surface area contributed by atoms with Gasteiger partial charge in [-0.25, -0.2) is 4.98 Å². The summed E-state index contributed by atoms with van der Waals surface area (Å²) in [5.41, 5.74) is 1.43. The molecule has 3 heterocycles. The van der Waals surface area contributed by atoms with Crippen molar-refractivity contribution in [2.45, 2.75) is 37.6 Å². The second-order valence-corrected chi connectivity index (χ2v) is 7.04. The predicted octanol–water partition coefficient (Wildman–Crippen LogP) is 4.49. The van der Waals surface area contributed by atoms with Gasteiger partial charge in [0, 0.05) is 23.2 Å². The Bertz CT molecular complexity index is 967. The van der Waals surface area contributed by atoms with Crippen molar-refractivity contribution in [3.63, 3.8) is 0 Å². The molecule has 28 heavy (non-hydrogen) atoms. The number of benzene rings is 1. The topological polar surface area (TPSA) is 58.0 Å². The maximum atomic E-state index is 12.8. The van der Waals surface area contributed by atoms with Crippen LogP contribution in [0.4, 0.5) is 13.2 Å². The zero-order chi connectivity index (χ0) is 19.7. The first-order valence-electron chi connectivity index (χ1n) is 9.28. The van der Waals surface area contributed by atoms with Crippen LogP contribution >= 0.6 is 0 Å². The standard InChI is InChI=1S/C21H20F3N3O/c22-21(23,24)19-9-8-13(12-26-19)18-11-15(14-5-1-2-6-16(14)27-18)20(28)17-7-3-4-10-25-17/h1-2,5-6,8-9,11-12,17,20,25,28H,3-4,7,10H2/t17?,20-/m1/s1. The van der Waals surface area contributed by atoms with Gasteiger partial charge in [-0.15, -0.1) is 0 Å². The molecule has 1 saturated heterocycles. The van der Waals surface area contributed by atoms with E-state index in [1.54, 1.807) is 6.07 Å². The SMILES string of the molecule is O[C@H](c1cc(-c2ccc(C(F)(F)F)nc2)nc2ccccc12)C1CCCCN1. The van der Waals surface area contributed by atoms with Crippen LogP contribution in [0.5, 0.6) is 0 Å². The molecule has 4 rings (SSSR count). The van der Waals surface area contributed by atoms with E-state index in [0.29, 0.717) is 16.8 Å². The molecule has 1 fully saturated rings. The Morgan fingerprint density at radius 2 is 1.93 bits per heavy atom. The Morgan fingerprint density at radius 1 is 1.11 bits per heavy atom. The van der Waals surface area contributed by atoms with E-state index in [0.717, 1.165) is 42.8 Å². The van der Waals surface area contributed by atoms with Crippen molar-refractivity contribution in [3.05, 3.63) is 59.9 Å². The molecule has 1 aliphatic rings. The number of hydrogen-bond acceptors (Lipinski definition) is 4. The van der Waals surface area contributed by atoms with E-state index in [1.807, 2.05) is 24.3 Å². The molecule has 1 unspecified atom stereocenters. The van der Waals surface area contributed by atoms with Crippen LogP contribution < -0.4 is 5.32 Å². The lowest BCUT2D eigenvalue weighted by Crippen LogP contribution is -2.38. The first-order valence-corrected chi connectivity index (χ1v) is 9.28. The van der Waals surface area contributed by atoms with Gasteiger partial charge < -0.3 is 10.4 Å². The zero-order valence-electron chi connectivity index (χ0n) is 15.1. The average Bonchev–Trinajstić information content (AvgIpc) is 2.72. The van der Waals surface area contributed by atoms with Crippen molar-refractivity contribution >= 4 is 10.9 Å². The zero-order valence-corrected chi connectivity index (χ0v) is 15.1. The van der Waals surface area contributed by atoms with Crippen molar-refractivity contribution in [2.75, 3.05) is 6.54 Å². The molecule has 0 aliphatic carbocycles. The highest BCUT2D eigenvalue weighted by atomic mass is 19.4. The molecule has 0 bridgehead atoms. The van der Waals surface area contributed by atoms with Gasteiger partial charge in [-0.1, -0.05) is 24.6 Å². The van der Waals surface area contributed by atoms with Gasteiger partial charge in [-0.3, -0.25) is 4.98 Å². The minimum Gasteiger partial charge on any atom is -0.387 e. The fourth-order valence-electron chi connectivity index (χ4n) is 3.67. The van der Waals surface area contributed by atoms with Gasteiger partial charge in [0.05, 0.1) is 17.3 Å². The number of piperidine rings is 1. The second-order valence-electron chi connectivity index (χ2n) is 7.04. The normalized spacial score (nSPS) is 18.9. The number of halogens is 3. The third kappa shape index (κ3) is 3.72. The molecule has 2 aromatic heterocycles. The van der Waals surface area contributed by atoms with Gasteiger partial charge in [-0.2, -0.15) is 13.2 Å². The van der Waals surface area contributed by atoms with E-state index < -0.39 is 18.0 Å². The molecule has 146 valence electrons. The van der Waals surface area contributed by atoms with E-state index in [9.17, 15) is 18.3 Å². The Kier molecular flexibility index (Phi) is 5.03. The maximum Gasteiger partial charge on any atom is 0.433 e. The monoisotopic (exact) mass is 387 g/mol. The van der Waals surface area contributed by atoms with Crippen LogP contribution in [-0.2, 0) is 6.18 Å². The summed E-state index contributed by atoms with van der Waals surface area (Å²) in [6.07, 6.45) is -1.03. The predicted molar refractivity (Wildman–Crippen MR) is 101 cm³/mol. The summed E-state index contributed by atoms with van der Waals surface area (Å²) in [7, 11) is 0. The Labute approximate surface area is 160 Å². The third-order valence-electron chi connectivity index (χ3n) is 5.15. The summed E-state index contributed by atoms with van der Waals surface area (Å²) in [5.74, 6) is 0. The van der Waals surface area contributed by atoms with Crippen molar-refractivity contribution in [3.8, 4) is 11.3 Å². The van der Waals surface area contributed by atoms with Crippen LogP contribution in [-0.4, -0.2) is 27.7 Å². The molecule has 1 aliphatic heterocycles. The highest BCUT2D eigenvalue weighted by Crippen LogP contribution is 2.33. The summed E-state index contributed by atoms with van der Waals surface area (Å²) in [6, 6.07) is 11.5. The van der Waals surface area contributed by atoms with Gasteiger partial charge in [0.25, 0.3) is 0 Å². The molecule has 2 atom stereocenters. The quantitative estimate of drug-likeness (QED) is 0.695. The Morgan fingerprint density at radius 3 is 2.61 bits per heavy atom. The highest BCUT2D eigenvalue weighted by molar-refractivity contribution is 5.85. The van der Waals surface area contributed by atoms with Crippen molar-refractivity contribution < 1.29 is 18.3 Å². The summed E-state index contributed by atoms with van der Waals surface area (Å²) in [5, 5.41) is 15.2. The summed E-state index contributed by atoms with van der Waals surface area (Å²) in [6.45, 7) is 0.862. The fraction of sp³-hybridized carbons (Fsp3) is 0.333. The maximum absolute atomic E-state index is 12.8. The number of nitrogens with one attached hydrogen (secondary N) is 1. The van der Waals surface area contributed by atoms with Crippen LogP contribution in [0.25, 0.3) is 22.2 Å². The number of pyridine rings is 2. The van der Waals surface area contributed by atoms with Crippen LogP contribution in [0, 0.1) is 0 Å². The molecule has 0 saturated carbocycles. The van der Waals surface area contributed by atoms with Crippen LogP contribution in [0.3, 0.4) is 0 Å². The first kappa shape index (κ1) is 18.8. The Hall–Kier alpha value is -2.51. The largest absolute Gasteiger partial charge is 0.433 e. The summed E-state index contributed by atoms with van der Waals surface area (Å²) < 4.78 is 38.4. The number of fused-ring (bicyclic) bond motifs is 1. The van der Waals surface area contributed by atoms with Crippen LogP contribution in [0.2, 0.25) is 0 Å². The molecule has 3 aromatic rings. The molecule has 4 nitrogen and oxygen atoms in total. The van der Waals surface area contributed by atoms with E-state index in [-0.39, 0.29) is 6.04 Å². The number of rotatable bonds is 3. The molecule has 7 heteroatoms. The van der Waals surface area contributed by atoms with Gasteiger partial charge in [-0.05, 0) is 49.2 Å². The molecule has 0 radical (unpaired) electrons. The number of nitrogens with zero attached hydrogens (tertiary/aromatic N) is 2. The van der Waals surface area contributed by atoms with Gasteiger partial charge in [0.1, 0.15) is 5.69 Å². The molecular weight excluding hydrogens is 367 g/mol. The lowest BCUT2D eigenvalue weighted by molar-refractivity contribution is -0.141. The molecule has 2 N–H and O–H groups in total. The Balaban J connectivity index is 1.77. The van der Waals surface area contributed by atoms with E-state index in [1.165, 1.54) is 12.3 Å². The molecular formula is C21H20F3N3O. The van der Waals surface area contributed by atoms with E-state index in [4.69, 9.17) is 0 Å². The minimum atomic E-state index is -4.48. The van der Waals surface area contributed by atoms with E-state index >= 15 is 0 Å². The van der Waals surface area contributed by atoms with Crippen molar-refractivity contribution in [1.82, 2.24) is 15.3 Å². The van der Waals surface area contributed by atoms with Gasteiger partial charge in [0.15, 0.2) is 0 Å². The van der Waals surface area contributed by atoms with Gasteiger partial charge >= 0.3 is 6.18 Å². The second kappa shape index (κ2) is 7.48. The first-order chi connectivity index (χ1) is 13.4. The number of aromatic nitrogens is 2. The van der Waals surface area contributed by atoms with Gasteiger partial charge in [0.2, 0.25) is 0 Å². The molecule has 0 spiro atoms. The van der Waals surface area contributed by atoms with Crippen LogP contribution in [0.15, 0.2) is 48.7 Å². The third-order valence-corrected chi connectivity index (χ3v) is 5.15. The average molecular weight is 387 g/mol. The van der Waals surface area contributed by atoms with E-state index in [2.05, 4.69) is 15.3 Å². The lowest BCUT2D eigenvalue weighted by atomic mass is 9.92. The lowest BCUT2D eigenvalue weighted by Gasteiger charge is -2.29. The summed E-state index contributed by atoms with van der Waals surface area (Å²) >= 11 is 0. The number of para-hydroxylation sites is 1. The number of hydrogen-bond donors (Lipinski definition) is 2. The molecule has 1 aromatic carbocycles. The highest BCUT2D eigenvalue weighted by Gasteiger charge is 2.32. The number of aliphatic hydroxyl groups excluding tert-OH is 1. The number of alkyl halides is 3. The van der Waals surface area contributed by atoms with Crippen LogP contribution in [0.1, 0.15) is 36.6 Å². The minimum absolute atomic E-state index is 0.0573. The molecule has 0 amide bonds. The smallest absolute Gasteiger partial charge is 0.387 e.